The third-order valence-electron chi connectivity index (χ3n) is 11.4. The Morgan fingerprint density at radius 2 is 1.02 bits per heavy atom. The first-order valence-corrected chi connectivity index (χ1v) is 21.9. The summed E-state index contributed by atoms with van der Waals surface area (Å²) in [6.07, 6.45) is -13.1. The summed E-state index contributed by atoms with van der Waals surface area (Å²) >= 11 is 0. The Morgan fingerprint density at radius 1 is 0.559 bits per heavy atom. The lowest BCUT2D eigenvalue weighted by atomic mass is 9.58. The summed E-state index contributed by atoms with van der Waals surface area (Å²) in [5.74, 6) is 1.40. The predicted octanol–water partition coefficient (Wildman–Crippen LogP) is 11.9. The molecule has 0 spiro atoms. The van der Waals surface area contributed by atoms with Gasteiger partial charge in [-0.3, -0.25) is 0 Å². The highest BCUT2D eigenvalue weighted by atomic mass is 31.1. The van der Waals surface area contributed by atoms with Crippen molar-refractivity contribution in [1.82, 2.24) is 0 Å². The minimum atomic E-state index is -5.11. The highest BCUT2D eigenvalue weighted by molar-refractivity contribution is 7.80. The molecule has 1 aliphatic carbocycles. The topological polar surface area (TPSA) is 18.5 Å². The van der Waals surface area contributed by atoms with Crippen LogP contribution in [0.15, 0.2) is 91.0 Å². The highest BCUT2D eigenvalue weighted by Gasteiger charge is 2.47. The first-order chi connectivity index (χ1) is 27.6. The Kier molecular flexibility index (Phi) is 12.6. The number of ether oxygens (including phenoxy) is 2. The van der Waals surface area contributed by atoms with Gasteiger partial charge in [0.1, 0.15) is 11.5 Å². The fourth-order valence-corrected chi connectivity index (χ4v) is 14.3. The van der Waals surface area contributed by atoms with Gasteiger partial charge in [-0.15, -0.1) is 0 Å². The first-order valence-electron chi connectivity index (χ1n) is 19.0. The van der Waals surface area contributed by atoms with E-state index >= 15 is 0 Å². The lowest BCUT2D eigenvalue weighted by Crippen LogP contribution is -2.46. The molecule has 13 heteroatoms. The third kappa shape index (κ3) is 9.17. The standard InChI is InChI=1S/C46H45F9O2P2/c1-8-43(39-14-9-10-15-40(39)59(37-16-27(2)41(56-6)28(3)17-37)38-18-29(4)42(57-7)30(5)19-38)24-31(25-43)26-58(35-13-11-12-32(21-35)44(47,48)49)36-22-33(45(50,51)52)20-34(23-36)46(53,54)55/h9-23,31H,8,24-26H2,1-7H3. The molecule has 2 nitrogen and oxygen atoms in total. The second-order valence-electron chi connectivity index (χ2n) is 15.4. The van der Waals surface area contributed by atoms with Gasteiger partial charge in [0.2, 0.25) is 0 Å². The van der Waals surface area contributed by atoms with Crippen LogP contribution in [0.3, 0.4) is 0 Å². The molecule has 0 saturated heterocycles. The van der Waals surface area contributed by atoms with E-state index in [1.54, 1.807) is 14.2 Å². The van der Waals surface area contributed by atoms with Crippen LogP contribution in [0, 0.1) is 33.6 Å². The second-order valence-corrected chi connectivity index (χ2v) is 19.8. The van der Waals surface area contributed by atoms with Crippen LogP contribution >= 0.6 is 15.8 Å². The molecule has 1 aliphatic rings. The van der Waals surface area contributed by atoms with Crippen molar-refractivity contribution in [2.24, 2.45) is 5.92 Å². The molecular weight excluding hydrogens is 817 g/mol. The van der Waals surface area contributed by atoms with E-state index in [4.69, 9.17) is 9.47 Å². The molecule has 1 saturated carbocycles. The third-order valence-corrected chi connectivity index (χ3v) is 16.5. The van der Waals surface area contributed by atoms with Crippen molar-refractivity contribution in [2.75, 3.05) is 20.4 Å². The normalized spacial score (nSPS) is 17.8. The molecule has 0 aliphatic heterocycles. The maximum absolute atomic E-state index is 14.1. The minimum absolute atomic E-state index is 0.0569. The molecule has 1 unspecified atom stereocenters. The molecule has 314 valence electrons. The molecule has 6 rings (SSSR count). The second kappa shape index (κ2) is 16.8. The number of hydrogen-bond donors (Lipinski definition) is 0. The summed E-state index contributed by atoms with van der Waals surface area (Å²) in [6.45, 7) is 10.1. The first kappa shape index (κ1) is 44.5. The van der Waals surface area contributed by atoms with Gasteiger partial charge in [0.25, 0.3) is 0 Å². The smallest absolute Gasteiger partial charge is 0.416 e. The van der Waals surface area contributed by atoms with Crippen LogP contribution in [0.25, 0.3) is 0 Å². The van der Waals surface area contributed by atoms with Gasteiger partial charge in [-0.2, -0.15) is 39.5 Å². The fourth-order valence-electron chi connectivity index (χ4n) is 8.74. The van der Waals surface area contributed by atoms with Crippen molar-refractivity contribution in [3.05, 3.63) is 136 Å². The van der Waals surface area contributed by atoms with Crippen LogP contribution < -0.4 is 36.0 Å². The summed E-state index contributed by atoms with van der Waals surface area (Å²) in [7, 11) is 0.0131. The fraction of sp³-hybridized carbons (Fsp3) is 0.348. The average Bonchev–Trinajstić information content (AvgIpc) is 3.14. The van der Waals surface area contributed by atoms with Crippen molar-refractivity contribution in [1.29, 1.82) is 0 Å². The van der Waals surface area contributed by atoms with Crippen LogP contribution in [-0.4, -0.2) is 20.4 Å². The van der Waals surface area contributed by atoms with E-state index in [1.807, 2.05) is 39.8 Å². The van der Waals surface area contributed by atoms with Crippen molar-refractivity contribution in [3.8, 4) is 11.5 Å². The van der Waals surface area contributed by atoms with Crippen LogP contribution in [0.1, 0.15) is 70.7 Å². The van der Waals surface area contributed by atoms with Gasteiger partial charge in [0, 0.05) is 0 Å². The summed E-state index contributed by atoms with van der Waals surface area (Å²) in [4.78, 5) is 0. The van der Waals surface area contributed by atoms with E-state index in [0.717, 1.165) is 73.4 Å². The summed E-state index contributed by atoms with van der Waals surface area (Å²) < 4.78 is 138. The average molecular weight is 863 g/mol. The van der Waals surface area contributed by atoms with Crippen LogP contribution in [-0.2, 0) is 23.9 Å². The van der Waals surface area contributed by atoms with Crippen LogP contribution in [0.4, 0.5) is 39.5 Å². The zero-order chi connectivity index (χ0) is 43.2. The van der Waals surface area contributed by atoms with E-state index in [0.29, 0.717) is 31.4 Å². The molecule has 0 radical (unpaired) electrons. The number of methoxy groups -OCH3 is 2. The Hall–Kier alpha value is -4.07. The molecule has 0 heterocycles. The van der Waals surface area contributed by atoms with Crippen LogP contribution in [0.2, 0.25) is 0 Å². The van der Waals surface area contributed by atoms with Crippen molar-refractivity contribution in [3.63, 3.8) is 0 Å². The van der Waals surface area contributed by atoms with Gasteiger partial charge in [-0.1, -0.05) is 43.3 Å². The number of halogens is 9. The SMILES string of the molecule is CCC1(c2ccccc2P(c2cc(C)c(OC)c(C)c2)c2cc(C)c(OC)c(C)c2)CC(CP(c2cccc(C(F)(F)F)c2)c2cc(C(F)(F)F)cc(C(F)(F)F)c2)C1. The number of benzene rings is 5. The van der Waals surface area contributed by atoms with E-state index in [2.05, 4.69) is 43.3 Å². The quantitative estimate of drug-likeness (QED) is 0.0973. The van der Waals surface area contributed by atoms with Gasteiger partial charge in [0.15, 0.2) is 0 Å². The molecule has 5 aromatic rings. The molecule has 1 fully saturated rings. The number of alkyl halides is 9. The molecule has 59 heavy (non-hydrogen) atoms. The summed E-state index contributed by atoms with van der Waals surface area (Å²) in [5.41, 5.74) is 0.617. The maximum atomic E-state index is 14.1. The van der Waals surface area contributed by atoms with E-state index in [-0.39, 0.29) is 28.8 Å². The van der Waals surface area contributed by atoms with Gasteiger partial charge in [-0.05, 0) is 189 Å². The van der Waals surface area contributed by atoms with Gasteiger partial charge < -0.3 is 9.47 Å². The molecule has 0 amide bonds. The molecule has 1 atom stereocenters. The van der Waals surface area contributed by atoms with Crippen molar-refractivity contribution < 1.29 is 49.0 Å². The number of rotatable bonds is 11. The summed E-state index contributed by atoms with van der Waals surface area (Å²) in [6, 6.07) is 22.5. The molecule has 0 N–H and O–H groups in total. The van der Waals surface area contributed by atoms with E-state index in [9.17, 15) is 39.5 Å². The van der Waals surface area contributed by atoms with Crippen molar-refractivity contribution >= 4 is 42.4 Å². The predicted molar refractivity (Wildman–Crippen MR) is 221 cm³/mol. The Morgan fingerprint density at radius 3 is 1.46 bits per heavy atom. The largest absolute Gasteiger partial charge is 0.496 e. The van der Waals surface area contributed by atoms with Gasteiger partial charge in [-0.25, -0.2) is 0 Å². The monoisotopic (exact) mass is 862 g/mol. The molecular formula is C46H45F9O2P2. The van der Waals surface area contributed by atoms with Gasteiger partial charge >= 0.3 is 18.5 Å². The minimum Gasteiger partial charge on any atom is -0.496 e. The lowest BCUT2D eigenvalue weighted by Gasteiger charge is -2.50. The Labute approximate surface area is 341 Å². The highest BCUT2D eigenvalue weighted by Crippen LogP contribution is 2.56. The van der Waals surface area contributed by atoms with E-state index in [1.165, 1.54) is 6.07 Å². The van der Waals surface area contributed by atoms with E-state index < -0.39 is 56.5 Å². The maximum Gasteiger partial charge on any atom is 0.416 e. The zero-order valence-electron chi connectivity index (χ0n) is 33.7. The molecule has 5 aromatic carbocycles. The Balaban J connectivity index is 1.45. The number of hydrogen-bond acceptors (Lipinski definition) is 2. The van der Waals surface area contributed by atoms with Gasteiger partial charge in [0.05, 0.1) is 30.9 Å². The molecule has 0 aromatic heterocycles. The molecule has 0 bridgehead atoms. The lowest BCUT2D eigenvalue weighted by molar-refractivity contribution is -0.143. The van der Waals surface area contributed by atoms with Crippen molar-refractivity contribution in [2.45, 2.75) is 77.8 Å². The number of aryl methyl sites for hydroxylation is 4. The summed E-state index contributed by atoms with van der Waals surface area (Å²) in [5, 5.41) is 3.12. The van der Waals surface area contributed by atoms with Crippen LogP contribution in [0.5, 0.6) is 11.5 Å². The Bertz CT molecular complexity index is 2190. The zero-order valence-corrected chi connectivity index (χ0v) is 35.5.